The van der Waals surface area contributed by atoms with Crippen molar-refractivity contribution in [2.24, 2.45) is 0 Å². The molecule has 1 aromatic rings. The second-order valence-electron chi connectivity index (χ2n) is 3.86. The van der Waals surface area contributed by atoms with Crippen LogP contribution in [-0.2, 0) is 11.3 Å². The highest BCUT2D eigenvalue weighted by molar-refractivity contribution is 5.70. The van der Waals surface area contributed by atoms with E-state index in [0.717, 1.165) is 11.3 Å². The molecular formula is C12H14FNO3. The van der Waals surface area contributed by atoms with Crippen LogP contribution in [0.2, 0.25) is 0 Å². The Morgan fingerprint density at radius 1 is 1.47 bits per heavy atom. The SMILES string of the molecule is COc1ccc(CN2C(=O)OCC2CF)cc1. The molecule has 1 atom stereocenters. The van der Waals surface area contributed by atoms with E-state index in [9.17, 15) is 9.18 Å². The largest absolute Gasteiger partial charge is 0.497 e. The molecule has 0 N–H and O–H groups in total. The molecule has 2 rings (SSSR count). The van der Waals surface area contributed by atoms with Gasteiger partial charge in [0, 0.05) is 6.54 Å². The molecule has 1 fully saturated rings. The number of amides is 1. The molecule has 1 heterocycles. The molecule has 1 aliphatic heterocycles. The van der Waals surface area contributed by atoms with E-state index in [-0.39, 0.29) is 6.61 Å². The summed E-state index contributed by atoms with van der Waals surface area (Å²) in [4.78, 5) is 12.8. The van der Waals surface area contributed by atoms with Gasteiger partial charge in [-0.2, -0.15) is 0 Å². The molecule has 5 heteroatoms. The van der Waals surface area contributed by atoms with Gasteiger partial charge in [0.05, 0.1) is 13.2 Å². The third kappa shape index (κ3) is 2.49. The minimum Gasteiger partial charge on any atom is -0.497 e. The lowest BCUT2D eigenvalue weighted by atomic mass is 10.2. The van der Waals surface area contributed by atoms with Gasteiger partial charge in [0.15, 0.2) is 0 Å². The zero-order valence-corrected chi connectivity index (χ0v) is 9.56. The molecule has 1 unspecified atom stereocenters. The summed E-state index contributed by atoms with van der Waals surface area (Å²) < 4.78 is 22.5. The number of benzene rings is 1. The Morgan fingerprint density at radius 3 is 2.76 bits per heavy atom. The number of carbonyl (C=O) groups excluding carboxylic acids is 1. The number of hydrogen-bond acceptors (Lipinski definition) is 3. The summed E-state index contributed by atoms with van der Waals surface area (Å²) in [5.74, 6) is 0.750. The number of alkyl halides is 1. The third-order valence-electron chi connectivity index (χ3n) is 2.76. The first-order valence-electron chi connectivity index (χ1n) is 5.37. The van der Waals surface area contributed by atoms with Gasteiger partial charge < -0.3 is 9.47 Å². The van der Waals surface area contributed by atoms with E-state index in [2.05, 4.69) is 0 Å². The highest BCUT2D eigenvalue weighted by Crippen LogP contribution is 2.18. The number of cyclic esters (lactones) is 1. The van der Waals surface area contributed by atoms with Crippen molar-refractivity contribution < 1.29 is 18.7 Å². The summed E-state index contributed by atoms with van der Waals surface area (Å²) in [7, 11) is 1.59. The van der Waals surface area contributed by atoms with Crippen molar-refractivity contribution >= 4 is 6.09 Å². The normalized spacial score (nSPS) is 19.3. The van der Waals surface area contributed by atoms with Crippen molar-refractivity contribution in [1.82, 2.24) is 4.90 Å². The Labute approximate surface area is 98.9 Å². The Morgan fingerprint density at radius 2 is 2.18 bits per heavy atom. The number of ether oxygens (including phenoxy) is 2. The Bertz CT molecular complexity index is 393. The minimum atomic E-state index is -0.581. The van der Waals surface area contributed by atoms with Gasteiger partial charge in [0.25, 0.3) is 0 Å². The predicted octanol–water partition coefficient (Wildman–Crippen LogP) is 1.99. The maximum atomic E-state index is 12.6. The molecule has 4 nitrogen and oxygen atoms in total. The Balaban J connectivity index is 2.06. The molecule has 1 amide bonds. The zero-order chi connectivity index (χ0) is 12.3. The molecule has 0 spiro atoms. The average Bonchev–Trinajstić information content (AvgIpc) is 2.71. The van der Waals surface area contributed by atoms with E-state index < -0.39 is 18.8 Å². The summed E-state index contributed by atoms with van der Waals surface area (Å²) in [6.45, 7) is -0.0925. The van der Waals surface area contributed by atoms with Crippen LogP contribution >= 0.6 is 0 Å². The van der Waals surface area contributed by atoms with E-state index >= 15 is 0 Å². The smallest absolute Gasteiger partial charge is 0.410 e. The summed E-state index contributed by atoms with van der Waals surface area (Å²) in [6.07, 6.45) is -0.455. The molecular weight excluding hydrogens is 225 g/mol. The topological polar surface area (TPSA) is 38.8 Å². The van der Waals surface area contributed by atoms with Gasteiger partial charge in [0.2, 0.25) is 0 Å². The summed E-state index contributed by atoms with van der Waals surface area (Å²) in [5.41, 5.74) is 0.920. The summed E-state index contributed by atoms with van der Waals surface area (Å²) in [5, 5.41) is 0. The molecule has 17 heavy (non-hydrogen) atoms. The highest BCUT2D eigenvalue weighted by atomic mass is 19.1. The van der Waals surface area contributed by atoms with E-state index in [4.69, 9.17) is 9.47 Å². The first kappa shape index (κ1) is 11.7. The fourth-order valence-corrected chi connectivity index (χ4v) is 1.74. The number of carbonyl (C=O) groups is 1. The standard InChI is InChI=1S/C12H14FNO3/c1-16-11-4-2-9(3-5-11)7-14-10(6-13)8-17-12(14)15/h2-5,10H,6-8H2,1H3. The van der Waals surface area contributed by atoms with Crippen LogP contribution in [0.3, 0.4) is 0 Å². The lowest BCUT2D eigenvalue weighted by Gasteiger charge is -2.18. The molecule has 0 saturated carbocycles. The molecule has 0 aliphatic carbocycles. The van der Waals surface area contributed by atoms with Crippen LogP contribution in [0.15, 0.2) is 24.3 Å². The number of methoxy groups -OCH3 is 1. The Kier molecular flexibility index (Phi) is 3.46. The van der Waals surface area contributed by atoms with E-state index in [0.29, 0.717) is 6.54 Å². The van der Waals surface area contributed by atoms with E-state index in [1.165, 1.54) is 4.90 Å². The second-order valence-corrected chi connectivity index (χ2v) is 3.86. The monoisotopic (exact) mass is 239 g/mol. The fraction of sp³-hybridized carbons (Fsp3) is 0.417. The fourth-order valence-electron chi connectivity index (χ4n) is 1.74. The first-order chi connectivity index (χ1) is 8.24. The average molecular weight is 239 g/mol. The van der Waals surface area contributed by atoms with Crippen LogP contribution in [0.1, 0.15) is 5.56 Å². The van der Waals surface area contributed by atoms with Gasteiger partial charge in [-0.1, -0.05) is 12.1 Å². The van der Waals surface area contributed by atoms with Gasteiger partial charge in [0.1, 0.15) is 19.0 Å². The maximum absolute atomic E-state index is 12.6. The van der Waals surface area contributed by atoms with Gasteiger partial charge in [-0.3, -0.25) is 4.90 Å². The van der Waals surface area contributed by atoms with Crippen LogP contribution < -0.4 is 4.74 Å². The number of halogens is 1. The van der Waals surface area contributed by atoms with E-state index in [1.807, 2.05) is 12.1 Å². The number of rotatable bonds is 4. The lowest BCUT2D eigenvalue weighted by molar-refractivity contribution is 0.155. The number of hydrogen-bond donors (Lipinski definition) is 0. The number of nitrogens with zero attached hydrogens (tertiary/aromatic N) is 1. The lowest BCUT2D eigenvalue weighted by Crippen LogP contribution is -2.34. The van der Waals surface area contributed by atoms with Crippen molar-refractivity contribution in [3.05, 3.63) is 29.8 Å². The Hall–Kier alpha value is -1.78. The summed E-state index contributed by atoms with van der Waals surface area (Å²) >= 11 is 0. The van der Waals surface area contributed by atoms with Crippen molar-refractivity contribution in [3.63, 3.8) is 0 Å². The molecule has 92 valence electrons. The van der Waals surface area contributed by atoms with Crippen LogP contribution in [0.5, 0.6) is 5.75 Å². The van der Waals surface area contributed by atoms with Crippen molar-refractivity contribution in [2.45, 2.75) is 12.6 Å². The van der Waals surface area contributed by atoms with Crippen LogP contribution in [0, 0.1) is 0 Å². The first-order valence-corrected chi connectivity index (χ1v) is 5.37. The van der Waals surface area contributed by atoms with Crippen LogP contribution in [-0.4, -0.2) is 37.4 Å². The molecule has 1 aromatic carbocycles. The minimum absolute atomic E-state index is 0.130. The predicted molar refractivity (Wildman–Crippen MR) is 59.6 cm³/mol. The van der Waals surface area contributed by atoms with Gasteiger partial charge in [-0.05, 0) is 17.7 Å². The molecule has 0 aromatic heterocycles. The van der Waals surface area contributed by atoms with Gasteiger partial charge in [-0.25, -0.2) is 9.18 Å². The molecule has 1 aliphatic rings. The zero-order valence-electron chi connectivity index (χ0n) is 9.56. The molecule has 0 bridgehead atoms. The van der Waals surface area contributed by atoms with Crippen molar-refractivity contribution in [2.75, 3.05) is 20.4 Å². The molecule has 1 saturated heterocycles. The summed E-state index contributed by atoms with van der Waals surface area (Å²) in [6, 6.07) is 6.84. The van der Waals surface area contributed by atoms with Gasteiger partial charge >= 0.3 is 6.09 Å². The van der Waals surface area contributed by atoms with Crippen LogP contribution in [0.4, 0.5) is 9.18 Å². The third-order valence-corrected chi connectivity index (χ3v) is 2.76. The second kappa shape index (κ2) is 5.03. The van der Waals surface area contributed by atoms with E-state index in [1.54, 1.807) is 19.2 Å². The van der Waals surface area contributed by atoms with Crippen molar-refractivity contribution in [3.8, 4) is 5.75 Å². The molecule has 0 radical (unpaired) electrons. The van der Waals surface area contributed by atoms with Gasteiger partial charge in [-0.15, -0.1) is 0 Å². The quantitative estimate of drug-likeness (QED) is 0.806. The highest BCUT2D eigenvalue weighted by Gasteiger charge is 2.32. The maximum Gasteiger partial charge on any atom is 0.410 e. The van der Waals surface area contributed by atoms with Crippen LogP contribution in [0.25, 0.3) is 0 Å². The van der Waals surface area contributed by atoms with Crippen molar-refractivity contribution in [1.29, 1.82) is 0 Å².